The summed E-state index contributed by atoms with van der Waals surface area (Å²) in [6.45, 7) is 4.23. The highest BCUT2D eigenvalue weighted by Crippen LogP contribution is 2.34. The molecule has 0 aliphatic heterocycles. The first-order chi connectivity index (χ1) is 12.4. The molecule has 0 spiro atoms. The van der Waals surface area contributed by atoms with Crippen molar-refractivity contribution in [2.45, 2.75) is 19.3 Å². The lowest BCUT2D eigenvalue weighted by molar-refractivity contribution is -0.384. The van der Waals surface area contributed by atoms with Gasteiger partial charge in [-0.05, 0) is 47.5 Å². The van der Waals surface area contributed by atoms with Gasteiger partial charge in [0.25, 0.3) is 5.69 Å². The standard InChI is InChI=1S/C21H19NO4/c1-21(2,15-3-9-18(23)10-4-15)16-5-11-19(12-6-16)26-20-13-7-17(8-14-20)22(24)25/h3-14,23H,1-2H3. The zero-order valence-corrected chi connectivity index (χ0v) is 14.5. The Labute approximate surface area is 151 Å². The molecule has 3 aromatic carbocycles. The van der Waals surface area contributed by atoms with Gasteiger partial charge in [-0.2, -0.15) is 0 Å². The number of benzene rings is 3. The summed E-state index contributed by atoms with van der Waals surface area (Å²) in [4.78, 5) is 10.2. The highest BCUT2D eigenvalue weighted by molar-refractivity contribution is 5.43. The molecule has 0 aliphatic rings. The van der Waals surface area contributed by atoms with Crippen LogP contribution in [0.1, 0.15) is 25.0 Å². The van der Waals surface area contributed by atoms with E-state index in [1.807, 2.05) is 36.4 Å². The van der Waals surface area contributed by atoms with E-state index in [0.29, 0.717) is 11.5 Å². The van der Waals surface area contributed by atoms with E-state index in [4.69, 9.17) is 4.74 Å². The Balaban J connectivity index is 1.77. The van der Waals surface area contributed by atoms with Crippen molar-refractivity contribution in [1.82, 2.24) is 0 Å². The molecule has 26 heavy (non-hydrogen) atoms. The van der Waals surface area contributed by atoms with Gasteiger partial charge in [0, 0.05) is 17.5 Å². The molecule has 0 aromatic heterocycles. The third kappa shape index (κ3) is 3.67. The molecule has 5 heteroatoms. The molecule has 0 bridgehead atoms. The number of non-ortho nitro benzene ring substituents is 1. The Morgan fingerprint density at radius 1 is 0.808 bits per heavy atom. The number of nitro benzene ring substituents is 1. The highest BCUT2D eigenvalue weighted by Gasteiger charge is 2.23. The molecule has 3 rings (SSSR count). The fourth-order valence-electron chi connectivity index (χ4n) is 2.76. The first-order valence-corrected chi connectivity index (χ1v) is 8.18. The van der Waals surface area contributed by atoms with Crippen molar-refractivity contribution in [2.24, 2.45) is 0 Å². The number of phenolic OH excluding ortho intramolecular Hbond substituents is 1. The molecule has 0 heterocycles. The summed E-state index contributed by atoms with van der Waals surface area (Å²) in [7, 11) is 0. The minimum atomic E-state index is -0.440. The number of nitrogens with zero attached hydrogens (tertiary/aromatic N) is 1. The summed E-state index contributed by atoms with van der Waals surface area (Å²) in [6, 6.07) is 20.9. The third-order valence-electron chi connectivity index (χ3n) is 4.45. The first-order valence-electron chi connectivity index (χ1n) is 8.18. The van der Waals surface area contributed by atoms with Gasteiger partial charge in [0.05, 0.1) is 4.92 Å². The largest absolute Gasteiger partial charge is 0.508 e. The maximum Gasteiger partial charge on any atom is 0.269 e. The summed E-state index contributed by atoms with van der Waals surface area (Å²) in [6.07, 6.45) is 0. The van der Waals surface area contributed by atoms with Crippen LogP contribution >= 0.6 is 0 Å². The van der Waals surface area contributed by atoms with Crippen molar-refractivity contribution in [3.8, 4) is 17.2 Å². The van der Waals surface area contributed by atoms with Gasteiger partial charge in [-0.15, -0.1) is 0 Å². The molecule has 0 amide bonds. The molecule has 0 radical (unpaired) electrons. The molecule has 0 fully saturated rings. The van der Waals surface area contributed by atoms with E-state index in [1.165, 1.54) is 12.1 Å². The number of ether oxygens (including phenoxy) is 1. The molecule has 0 aliphatic carbocycles. The number of phenols is 1. The van der Waals surface area contributed by atoms with Gasteiger partial charge >= 0.3 is 0 Å². The number of aromatic hydroxyl groups is 1. The van der Waals surface area contributed by atoms with E-state index < -0.39 is 4.92 Å². The van der Waals surface area contributed by atoms with Gasteiger partial charge in [-0.1, -0.05) is 38.1 Å². The second kappa shape index (κ2) is 6.88. The van der Waals surface area contributed by atoms with Crippen molar-refractivity contribution in [1.29, 1.82) is 0 Å². The van der Waals surface area contributed by atoms with Crippen LogP contribution in [-0.4, -0.2) is 10.0 Å². The van der Waals surface area contributed by atoms with Crippen LogP contribution in [0.15, 0.2) is 72.8 Å². The van der Waals surface area contributed by atoms with E-state index in [9.17, 15) is 15.2 Å². The van der Waals surface area contributed by atoms with Crippen LogP contribution in [0.3, 0.4) is 0 Å². The Morgan fingerprint density at radius 3 is 1.69 bits per heavy atom. The van der Waals surface area contributed by atoms with Gasteiger partial charge < -0.3 is 9.84 Å². The SMILES string of the molecule is CC(C)(c1ccc(O)cc1)c1ccc(Oc2ccc([N+](=O)[O-])cc2)cc1. The molecular weight excluding hydrogens is 330 g/mol. The Morgan fingerprint density at radius 2 is 1.23 bits per heavy atom. The monoisotopic (exact) mass is 349 g/mol. The average Bonchev–Trinajstić information content (AvgIpc) is 2.63. The quantitative estimate of drug-likeness (QED) is 0.493. The van der Waals surface area contributed by atoms with Crippen LogP contribution in [0.2, 0.25) is 0 Å². The molecule has 0 saturated carbocycles. The molecule has 0 atom stereocenters. The van der Waals surface area contributed by atoms with Crippen molar-refractivity contribution in [2.75, 3.05) is 0 Å². The van der Waals surface area contributed by atoms with E-state index in [2.05, 4.69) is 13.8 Å². The smallest absolute Gasteiger partial charge is 0.269 e. The second-order valence-electron chi connectivity index (χ2n) is 6.55. The predicted molar refractivity (Wildman–Crippen MR) is 99.8 cm³/mol. The fourth-order valence-corrected chi connectivity index (χ4v) is 2.76. The zero-order chi connectivity index (χ0) is 18.7. The van der Waals surface area contributed by atoms with Crippen LogP contribution < -0.4 is 4.74 Å². The molecule has 5 nitrogen and oxygen atoms in total. The van der Waals surface area contributed by atoms with Crippen LogP contribution in [-0.2, 0) is 5.41 Å². The first kappa shape index (κ1) is 17.5. The number of rotatable bonds is 5. The Bertz CT molecular complexity index is 898. The normalized spacial score (nSPS) is 11.2. The summed E-state index contributed by atoms with van der Waals surface area (Å²) in [5.74, 6) is 1.45. The molecule has 0 unspecified atom stereocenters. The number of hydrogen-bond acceptors (Lipinski definition) is 4. The number of hydrogen-bond donors (Lipinski definition) is 1. The van der Waals surface area contributed by atoms with Crippen molar-refractivity contribution in [3.63, 3.8) is 0 Å². The Kier molecular flexibility index (Phi) is 4.63. The maximum atomic E-state index is 10.7. The van der Waals surface area contributed by atoms with Gasteiger partial charge in [-0.3, -0.25) is 10.1 Å². The lowest BCUT2D eigenvalue weighted by Gasteiger charge is -2.26. The number of nitro groups is 1. The van der Waals surface area contributed by atoms with E-state index in [-0.39, 0.29) is 16.9 Å². The van der Waals surface area contributed by atoms with Crippen LogP contribution in [0.4, 0.5) is 5.69 Å². The van der Waals surface area contributed by atoms with Crippen molar-refractivity contribution < 1.29 is 14.8 Å². The lowest BCUT2D eigenvalue weighted by Crippen LogP contribution is -2.18. The zero-order valence-electron chi connectivity index (χ0n) is 14.5. The molecule has 0 saturated heterocycles. The van der Waals surface area contributed by atoms with Gasteiger partial charge in [0.1, 0.15) is 17.2 Å². The molecular formula is C21H19NO4. The van der Waals surface area contributed by atoms with Gasteiger partial charge in [-0.25, -0.2) is 0 Å². The predicted octanol–water partition coefficient (Wildman–Crippen LogP) is 5.42. The van der Waals surface area contributed by atoms with E-state index in [1.54, 1.807) is 24.3 Å². The van der Waals surface area contributed by atoms with Crippen molar-refractivity contribution >= 4 is 5.69 Å². The fraction of sp³-hybridized carbons (Fsp3) is 0.143. The summed E-state index contributed by atoms with van der Waals surface area (Å²) in [5, 5.41) is 20.2. The summed E-state index contributed by atoms with van der Waals surface area (Å²) < 4.78 is 5.75. The third-order valence-corrected chi connectivity index (χ3v) is 4.45. The maximum absolute atomic E-state index is 10.7. The minimum absolute atomic E-state index is 0.0309. The van der Waals surface area contributed by atoms with Gasteiger partial charge in [0.15, 0.2) is 0 Å². The highest BCUT2D eigenvalue weighted by atomic mass is 16.6. The van der Waals surface area contributed by atoms with Crippen LogP contribution in [0.5, 0.6) is 17.2 Å². The Hall–Kier alpha value is -3.34. The topological polar surface area (TPSA) is 72.6 Å². The van der Waals surface area contributed by atoms with E-state index in [0.717, 1.165) is 11.1 Å². The molecule has 1 N–H and O–H groups in total. The minimum Gasteiger partial charge on any atom is -0.508 e. The summed E-state index contributed by atoms with van der Waals surface area (Å²) in [5.41, 5.74) is 2.02. The average molecular weight is 349 g/mol. The lowest BCUT2D eigenvalue weighted by atomic mass is 9.78. The van der Waals surface area contributed by atoms with Crippen molar-refractivity contribution in [3.05, 3.63) is 94.0 Å². The van der Waals surface area contributed by atoms with Crippen LogP contribution in [0.25, 0.3) is 0 Å². The molecule has 132 valence electrons. The second-order valence-corrected chi connectivity index (χ2v) is 6.55. The molecule has 3 aromatic rings. The van der Waals surface area contributed by atoms with Gasteiger partial charge in [0.2, 0.25) is 0 Å². The summed E-state index contributed by atoms with van der Waals surface area (Å²) >= 11 is 0. The van der Waals surface area contributed by atoms with E-state index >= 15 is 0 Å². The van der Waals surface area contributed by atoms with Crippen LogP contribution in [0, 0.1) is 10.1 Å².